The Bertz CT molecular complexity index is 433. The predicted octanol–water partition coefficient (Wildman–Crippen LogP) is 1.14. The molecule has 2 amide bonds. The first kappa shape index (κ1) is 12.4. The van der Waals surface area contributed by atoms with E-state index in [0.717, 1.165) is 6.42 Å². The molecule has 96 valence electrons. The Morgan fingerprint density at radius 3 is 2.72 bits per heavy atom. The number of nitrogens with two attached hydrogens (primary N) is 1. The van der Waals surface area contributed by atoms with Crippen molar-refractivity contribution in [1.82, 2.24) is 5.32 Å². The Hall–Kier alpha value is -2.04. The summed E-state index contributed by atoms with van der Waals surface area (Å²) in [4.78, 5) is 21.8. The molecule has 0 aromatic heterocycles. The maximum absolute atomic E-state index is 11.5. The summed E-state index contributed by atoms with van der Waals surface area (Å²) >= 11 is 0. The van der Waals surface area contributed by atoms with E-state index in [1.165, 1.54) is 5.56 Å². The average molecular weight is 248 g/mol. The van der Waals surface area contributed by atoms with E-state index in [2.05, 4.69) is 22.2 Å². The lowest BCUT2D eigenvalue weighted by Crippen LogP contribution is -2.28. The fourth-order valence-corrected chi connectivity index (χ4v) is 1.95. The summed E-state index contributed by atoms with van der Waals surface area (Å²) in [5.74, 6) is 0.298. The normalized spacial score (nSPS) is 21.1. The van der Waals surface area contributed by atoms with E-state index in [1.807, 2.05) is 18.2 Å². The lowest BCUT2D eigenvalue weighted by molar-refractivity contribution is -0.121. The topological polar surface area (TPSA) is 81.4 Å². The molecule has 0 aliphatic heterocycles. The number of carbonyl (C=O) groups is 2. The van der Waals surface area contributed by atoms with Gasteiger partial charge in [0.05, 0.1) is 6.42 Å². The molecule has 0 unspecified atom stereocenters. The molecule has 3 N–H and O–H groups in total. The molecule has 2 atom stereocenters. The average Bonchev–Trinajstić information content (AvgIpc) is 3.09. The van der Waals surface area contributed by atoms with E-state index in [9.17, 15) is 9.59 Å². The van der Waals surface area contributed by atoms with Crippen LogP contribution >= 0.6 is 0 Å². The highest BCUT2D eigenvalue weighted by atomic mass is 16.5. The van der Waals surface area contributed by atoms with Gasteiger partial charge in [-0.1, -0.05) is 30.3 Å². The highest BCUT2D eigenvalue weighted by molar-refractivity contribution is 5.77. The van der Waals surface area contributed by atoms with Crippen molar-refractivity contribution < 1.29 is 14.3 Å². The van der Waals surface area contributed by atoms with Crippen LogP contribution in [-0.2, 0) is 9.53 Å². The van der Waals surface area contributed by atoms with Gasteiger partial charge < -0.3 is 15.8 Å². The first-order valence-corrected chi connectivity index (χ1v) is 5.93. The summed E-state index contributed by atoms with van der Waals surface area (Å²) in [6.45, 7) is 0.0316. The van der Waals surface area contributed by atoms with Crippen LogP contribution < -0.4 is 11.1 Å². The summed E-state index contributed by atoms with van der Waals surface area (Å²) in [6.07, 6.45) is 0.268. The second kappa shape index (κ2) is 5.53. The van der Waals surface area contributed by atoms with Crippen LogP contribution in [0.4, 0.5) is 4.79 Å². The Labute approximate surface area is 105 Å². The van der Waals surface area contributed by atoms with Gasteiger partial charge in [0.2, 0.25) is 5.91 Å². The van der Waals surface area contributed by atoms with Crippen LogP contribution in [0.3, 0.4) is 0 Å². The second-order valence-electron chi connectivity index (χ2n) is 4.34. The molecule has 0 radical (unpaired) electrons. The maximum atomic E-state index is 11.5. The van der Waals surface area contributed by atoms with Crippen LogP contribution in [0, 0.1) is 0 Å². The lowest BCUT2D eigenvalue weighted by Gasteiger charge is -2.05. The van der Waals surface area contributed by atoms with Gasteiger partial charge in [0, 0.05) is 12.0 Å². The van der Waals surface area contributed by atoms with E-state index < -0.39 is 6.09 Å². The van der Waals surface area contributed by atoms with Crippen LogP contribution in [-0.4, -0.2) is 24.6 Å². The smallest absolute Gasteiger partial charge is 0.404 e. The van der Waals surface area contributed by atoms with Crippen LogP contribution in [0.5, 0.6) is 0 Å². The van der Waals surface area contributed by atoms with E-state index >= 15 is 0 Å². The third kappa shape index (κ3) is 3.48. The molecule has 1 aromatic carbocycles. The number of hydrogen-bond acceptors (Lipinski definition) is 3. The fraction of sp³-hybridized carbons (Fsp3) is 0.385. The minimum absolute atomic E-state index is 0.0316. The summed E-state index contributed by atoms with van der Waals surface area (Å²) < 4.78 is 4.50. The Morgan fingerprint density at radius 1 is 1.33 bits per heavy atom. The number of hydrogen-bond donors (Lipinski definition) is 2. The number of amides is 2. The van der Waals surface area contributed by atoms with Gasteiger partial charge in [-0.15, -0.1) is 0 Å². The molecule has 1 aliphatic carbocycles. The number of rotatable bonds is 5. The predicted molar refractivity (Wildman–Crippen MR) is 65.9 cm³/mol. The quantitative estimate of drug-likeness (QED) is 0.820. The van der Waals surface area contributed by atoms with E-state index in [-0.39, 0.29) is 25.0 Å². The minimum Gasteiger partial charge on any atom is -0.449 e. The first-order chi connectivity index (χ1) is 8.66. The van der Waals surface area contributed by atoms with Gasteiger partial charge >= 0.3 is 6.09 Å². The largest absolute Gasteiger partial charge is 0.449 e. The zero-order chi connectivity index (χ0) is 13.0. The molecule has 5 heteroatoms. The van der Waals surface area contributed by atoms with Crippen LogP contribution in [0.1, 0.15) is 24.3 Å². The number of benzene rings is 1. The van der Waals surface area contributed by atoms with Crippen molar-refractivity contribution in [2.45, 2.75) is 24.8 Å². The van der Waals surface area contributed by atoms with Crippen LogP contribution in [0.15, 0.2) is 30.3 Å². The zero-order valence-corrected chi connectivity index (χ0v) is 9.96. The standard InChI is InChI=1S/C13H16N2O3/c14-13(17)18-7-6-12(16)15-11-8-10(11)9-4-2-1-3-5-9/h1-5,10-11H,6-8H2,(H2,14,17)(H,15,16)/t10-,11+/m1/s1. The van der Waals surface area contributed by atoms with Crippen molar-refractivity contribution in [3.8, 4) is 0 Å². The molecule has 1 fully saturated rings. The summed E-state index contributed by atoms with van der Waals surface area (Å²) in [6, 6.07) is 10.3. The van der Waals surface area contributed by atoms with Gasteiger partial charge in [0.25, 0.3) is 0 Å². The van der Waals surface area contributed by atoms with Gasteiger partial charge in [0.15, 0.2) is 0 Å². The monoisotopic (exact) mass is 248 g/mol. The minimum atomic E-state index is -0.851. The van der Waals surface area contributed by atoms with Crippen molar-refractivity contribution in [2.24, 2.45) is 5.73 Å². The molecular weight excluding hydrogens is 232 g/mol. The molecule has 5 nitrogen and oxygen atoms in total. The van der Waals surface area contributed by atoms with Gasteiger partial charge in [0.1, 0.15) is 6.61 Å². The SMILES string of the molecule is NC(=O)OCCC(=O)N[C@H]1C[C@@H]1c1ccccc1. The van der Waals surface area contributed by atoms with Crippen molar-refractivity contribution in [2.75, 3.05) is 6.61 Å². The van der Waals surface area contributed by atoms with Crippen molar-refractivity contribution in [3.05, 3.63) is 35.9 Å². The molecular formula is C13H16N2O3. The van der Waals surface area contributed by atoms with Crippen LogP contribution in [0.25, 0.3) is 0 Å². The lowest BCUT2D eigenvalue weighted by atomic mass is 10.1. The number of carbonyl (C=O) groups excluding carboxylic acids is 2. The van der Waals surface area contributed by atoms with Crippen molar-refractivity contribution in [3.63, 3.8) is 0 Å². The fourth-order valence-electron chi connectivity index (χ4n) is 1.95. The Kier molecular flexibility index (Phi) is 3.82. The molecule has 2 rings (SSSR count). The molecule has 0 heterocycles. The van der Waals surface area contributed by atoms with Gasteiger partial charge in [-0.3, -0.25) is 4.79 Å². The molecule has 0 bridgehead atoms. The summed E-state index contributed by atoms with van der Waals surface area (Å²) in [7, 11) is 0. The van der Waals surface area contributed by atoms with Gasteiger partial charge in [-0.2, -0.15) is 0 Å². The van der Waals surface area contributed by atoms with Crippen LogP contribution in [0.2, 0.25) is 0 Å². The highest BCUT2D eigenvalue weighted by Crippen LogP contribution is 2.40. The Morgan fingerprint density at radius 2 is 2.06 bits per heavy atom. The number of nitrogens with one attached hydrogen (secondary N) is 1. The molecule has 0 spiro atoms. The zero-order valence-electron chi connectivity index (χ0n) is 9.96. The second-order valence-corrected chi connectivity index (χ2v) is 4.34. The van der Waals surface area contributed by atoms with E-state index in [0.29, 0.717) is 5.92 Å². The Balaban J connectivity index is 1.70. The molecule has 18 heavy (non-hydrogen) atoms. The maximum Gasteiger partial charge on any atom is 0.404 e. The van der Waals surface area contributed by atoms with Gasteiger partial charge in [-0.05, 0) is 12.0 Å². The molecule has 1 aromatic rings. The first-order valence-electron chi connectivity index (χ1n) is 5.93. The van der Waals surface area contributed by atoms with Crippen molar-refractivity contribution in [1.29, 1.82) is 0 Å². The van der Waals surface area contributed by atoms with Gasteiger partial charge in [-0.25, -0.2) is 4.79 Å². The number of ether oxygens (including phenoxy) is 1. The summed E-state index contributed by atoms with van der Waals surface area (Å²) in [5.41, 5.74) is 6.04. The third-order valence-corrected chi connectivity index (χ3v) is 2.94. The molecule has 0 saturated heterocycles. The molecule has 1 saturated carbocycles. The number of primary amides is 1. The van der Waals surface area contributed by atoms with E-state index in [1.54, 1.807) is 0 Å². The highest BCUT2D eigenvalue weighted by Gasteiger charge is 2.39. The molecule has 1 aliphatic rings. The van der Waals surface area contributed by atoms with E-state index in [4.69, 9.17) is 5.73 Å². The van der Waals surface area contributed by atoms with Crippen molar-refractivity contribution >= 4 is 12.0 Å². The summed E-state index contributed by atoms with van der Waals surface area (Å²) in [5, 5.41) is 2.91. The third-order valence-electron chi connectivity index (χ3n) is 2.94.